The Balaban J connectivity index is 1.83. The molecule has 242 valence electrons. The fourth-order valence-electron chi connectivity index (χ4n) is 4.84. The van der Waals surface area contributed by atoms with Crippen molar-refractivity contribution in [1.82, 2.24) is 10.2 Å². The molecule has 0 radical (unpaired) electrons. The van der Waals surface area contributed by atoms with Crippen LogP contribution in [0.1, 0.15) is 31.9 Å². The third-order valence-electron chi connectivity index (χ3n) is 7.10. The van der Waals surface area contributed by atoms with Crippen LogP contribution in [0.2, 0.25) is 10.0 Å². The second kappa shape index (κ2) is 15.0. The minimum absolute atomic E-state index is 0.0113. The maximum Gasteiger partial charge on any atom is 0.264 e. The third kappa shape index (κ3) is 9.02. The molecule has 2 amide bonds. The Kier molecular flexibility index (Phi) is 11.4. The van der Waals surface area contributed by atoms with Crippen molar-refractivity contribution in [2.24, 2.45) is 0 Å². The smallest absolute Gasteiger partial charge is 0.264 e. The number of nitrogens with one attached hydrogen (secondary N) is 1. The number of carbonyl (C=O) groups excluding carboxylic acids is 2. The Hall–Kier alpha value is -4.05. The third-order valence-corrected chi connectivity index (χ3v) is 9.47. The van der Waals surface area contributed by atoms with Gasteiger partial charge >= 0.3 is 0 Å². The van der Waals surface area contributed by atoms with Crippen molar-refractivity contribution >= 4 is 50.7 Å². The fourth-order valence-corrected chi connectivity index (χ4v) is 6.74. The highest BCUT2D eigenvalue weighted by atomic mass is 35.5. The van der Waals surface area contributed by atoms with E-state index in [1.165, 1.54) is 24.1 Å². The van der Waals surface area contributed by atoms with Gasteiger partial charge in [0.05, 0.1) is 17.7 Å². The molecule has 1 unspecified atom stereocenters. The highest BCUT2D eigenvalue weighted by molar-refractivity contribution is 7.92. The monoisotopic (exact) mass is 681 g/mol. The summed E-state index contributed by atoms with van der Waals surface area (Å²) < 4.78 is 34.5. The molecule has 0 aliphatic carbocycles. The van der Waals surface area contributed by atoms with Crippen molar-refractivity contribution in [3.05, 3.63) is 124 Å². The number of nitrogens with zero attached hydrogens (tertiary/aromatic N) is 2. The van der Waals surface area contributed by atoms with E-state index in [4.69, 9.17) is 27.9 Å². The van der Waals surface area contributed by atoms with Gasteiger partial charge in [0.15, 0.2) is 0 Å². The second-order valence-electron chi connectivity index (χ2n) is 11.7. The van der Waals surface area contributed by atoms with Crippen molar-refractivity contribution < 1.29 is 22.7 Å². The van der Waals surface area contributed by atoms with Gasteiger partial charge in [-0.15, -0.1) is 0 Å². The molecule has 0 heterocycles. The molecule has 4 rings (SSSR count). The summed E-state index contributed by atoms with van der Waals surface area (Å²) in [5.74, 6) is -0.476. The molecule has 0 bridgehead atoms. The molecule has 4 aromatic rings. The molecule has 4 aromatic carbocycles. The number of amides is 2. The first-order valence-corrected chi connectivity index (χ1v) is 16.8. The number of halogens is 2. The minimum atomic E-state index is -4.22. The Morgan fingerprint density at radius 1 is 0.870 bits per heavy atom. The first kappa shape index (κ1) is 34.8. The van der Waals surface area contributed by atoms with E-state index in [0.717, 1.165) is 9.87 Å². The van der Waals surface area contributed by atoms with Crippen LogP contribution in [0.3, 0.4) is 0 Å². The Labute approximate surface area is 280 Å². The van der Waals surface area contributed by atoms with Crippen molar-refractivity contribution in [2.75, 3.05) is 18.0 Å². The largest absolute Gasteiger partial charge is 0.497 e. The summed E-state index contributed by atoms with van der Waals surface area (Å²) in [5.41, 5.74) is 1.01. The number of carbonyl (C=O) groups is 2. The maximum absolute atomic E-state index is 14.6. The number of ether oxygens (including phenoxy) is 1. The normalized spacial score (nSPS) is 12.2. The Morgan fingerprint density at radius 3 is 2.04 bits per heavy atom. The van der Waals surface area contributed by atoms with E-state index in [9.17, 15) is 18.0 Å². The van der Waals surface area contributed by atoms with E-state index in [1.807, 2.05) is 51.1 Å². The highest BCUT2D eigenvalue weighted by Crippen LogP contribution is 2.28. The summed E-state index contributed by atoms with van der Waals surface area (Å²) in [7, 11) is -2.72. The molecule has 1 atom stereocenters. The van der Waals surface area contributed by atoms with Gasteiger partial charge in [0.25, 0.3) is 10.0 Å². The molecule has 8 nitrogen and oxygen atoms in total. The fraction of sp³-hybridized carbons (Fsp3) is 0.257. The van der Waals surface area contributed by atoms with Gasteiger partial charge in [0.2, 0.25) is 11.8 Å². The van der Waals surface area contributed by atoms with E-state index in [-0.39, 0.29) is 23.5 Å². The molecule has 0 saturated heterocycles. The summed E-state index contributed by atoms with van der Waals surface area (Å²) in [6.45, 7) is 4.88. The van der Waals surface area contributed by atoms with Gasteiger partial charge in [-0.05, 0) is 80.4 Å². The molecule has 46 heavy (non-hydrogen) atoms. The number of methoxy groups -OCH3 is 1. The molecule has 0 spiro atoms. The lowest BCUT2D eigenvalue weighted by molar-refractivity contribution is -0.140. The Morgan fingerprint density at radius 2 is 1.48 bits per heavy atom. The van der Waals surface area contributed by atoms with Gasteiger partial charge in [-0.25, -0.2) is 8.42 Å². The van der Waals surface area contributed by atoms with E-state index in [2.05, 4.69) is 5.32 Å². The number of hydrogen-bond donors (Lipinski definition) is 1. The van der Waals surface area contributed by atoms with Crippen LogP contribution in [0.25, 0.3) is 0 Å². The summed E-state index contributed by atoms with van der Waals surface area (Å²) in [5, 5.41) is 3.73. The zero-order chi connectivity index (χ0) is 33.5. The van der Waals surface area contributed by atoms with Crippen LogP contribution in [-0.2, 0) is 32.6 Å². The number of sulfonamides is 1. The lowest BCUT2D eigenvalue weighted by Gasteiger charge is -2.35. The van der Waals surface area contributed by atoms with Crippen molar-refractivity contribution in [1.29, 1.82) is 0 Å². The number of hydrogen-bond acceptors (Lipinski definition) is 5. The van der Waals surface area contributed by atoms with Crippen molar-refractivity contribution in [2.45, 2.75) is 50.2 Å². The van der Waals surface area contributed by atoms with Gasteiger partial charge in [-0.3, -0.25) is 13.9 Å². The molecule has 11 heteroatoms. The standard InChI is InChI=1S/C35H37Cl2N3O5S/c1-35(2,3)38-34(42)32(21-25-11-7-5-8-12-25)39(23-26-15-16-27(36)22-31(26)37)33(41)24-40(28-17-19-29(45-4)20-18-28)46(43,44)30-13-9-6-10-14-30/h5-20,22,32H,21,23-24H2,1-4H3,(H,38,42). The molecule has 0 aliphatic rings. The second-order valence-corrected chi connectivity index (χ2v) is 14.4. The first-order chi connectivity index (χ1) is 21.8. The van der Waals surface area contributed by atoms with Crippen LogP contribution >= 0.6 is 23.2 Å². The molecule has 0 saturated carbocycles. The summed E-state index contributed by atoms with van der Waals surface area (Å²) in [4.78, 5) is 29.9. The average Bonchev–Trinajstić information content (AvgIpc) is 3.02. The molecular weight excluding hydrogens is 645 g/mol. The first-order valence-electron chi connectivity index (χ1n) is 14.6. The molecule has 0 aromatic heterocycles. The average molecular weight is 683 g/mol. The summed E-state index contributed by atoms with van der Waals surface area (Å²) in [6.07, 6.45) is 0.174. The predicted molar refractivity (Wildman–Crippen MR) is 183 cm³/mol. The lowest BCUT2D eigenvalue weighted by Crippen LogP contribution is -2.56. The van der Waals surface area contributed by atoms with Gasteiger partial charge < -0.3 is 15.0 Å². The van der Waals surface area contributed by atoms with Crippen molar-refractivity contribution in [3.63, 3.8) is 0 Å². The predicted octanol–water partition coefficient (Wildman–Crippen LogP) is 6.75. The minimum Gasteiger partial charge on any atom is -0.497 e. The quantitative estimate of drug-likeness (QED) is 0.178. The van der Waals surface area contributed by atoms with E-state index < -0.39 is 40.0 Å². The zero-order valence-electron chi connectivity index (χ0n) is 26.1. The van der Waals surface area contributed by atoms with Crippen LogP contribution in [0.4, 0.5) is 5.69 Å². The van der Waals surface area contributed by atoms with Gasteiger partial charge in [-0.1, -0.05) is 77.8 Å². The van der Waals surface area contributed by atoms with Gasteiger partial charge in [0, 0.05) is 28.5 Å². The van der Waals surface area contributed by atoms with Crippen molar-refractivity contribution in [3.8, 4) is 5.75 Å². The number of anilines is 1. The van der Waals surface area contributed by atoms with Crippen LogP contribution in [-0.4, -0.2) is 50.4 Å². The van der Waals surface area contributed by atoms with Crippen LogP contribution < -0.4 is 14.4 Å². The molecule has 0 fully saturated rings. The van der Waals surface area contributed by atoms with E-state index in [1.54, 1.807) is 60.7 Å². The molecule has 1 N–H and O–H groups in total. The highest BCUT2D eigenvalue weighted by Gasteiger charge is 2.36. The number of benzene rings is 4. The Bertz CT molecular complexity index is 1750. The molecular formula is C35H37Cl2N3O5S. The lowest BCUT2D eigenvalue weighted by atomic mass is 10.0. The maximum atomic E-state index is 14.6. The van der Waals surface area contributed by atoms with E-state index >= 15 is 0 Å². The summed E-state index contributed by atoms with van der Waals surface area (Å²) >= 11 is 12.7. The van der Waals surface area contributed by atoms with E-state index in [0.29, 0.717) is 21.4 Å². The molecule has 0 aliphatic heterocycles. The van der Waals surface area contributed by atoms with Gasteiger partial charge in [-0.2, -0.15) is 0 Å². The SMILES string of the molecule is COc1ccc(N(CC(=O)N(Cc2ccc(Cl)cc2Cl)C(Cc2ccccc2)C(=O)NC(C)(C)C)S(=O)(=O)c2ccccc2)cc1. The number of rotatable bonds is 12. The van der Waals surface area contributed by atoms with Crippen LogP contribution in [0.5, 0.6) is 5.75 Å². The van der Waals surface area contributed by atoms with Gasteiger partial charge in [0.1, 0.15) is 18.3 Å². The topological polar surface area (TPSA) is 96.0 Å². The van der Waals surface area contributed by atoms with Crippen LogP contribution in [0.15, 0.2) is 108 Å². The summed E-state index contributed by atoms with van der Waals surface area (Å²) in [6, 6.07) is 27.5. The van der Waals surface area contributed by atoms with Crippen LogP contribution in [0, 0.1) is 0 Å². The zero-order valence-corrected chi connectivity index (χ0v) is 28.4.